The van der Waals surface area contributed by atoms with Gasteiger partial charge in [0.2, 0.25) is 10.0 Å². The second-order valence-corrected chi connectivity index (χ2v) is 8.26. The fraction of sp³-hybridized carbons (Fsp3) is 0.167. The zero-order valence-electron chi connectivity index (χ0n) is 13.6. The van der Waals surface area contributed by atoms with Crippen LogP contribution in [0.25, 0.3) is 11.3 Å². The Balaban J connectivity index is 1.63. The lowest BCUT2D eigenvalue weighted by Gasteiger charge is -2.08. The van der Waals surface area contributed by atoms with Crippen LogP contribution < -0.4 is 4.72 Å². The summed E-state index contributed by atoms with van der Waals surface area (Å²) >= 11 is 1.49. The molecule has 0 aliphatic heterocycles. The van der Waals surface area contributed by atoms with Crippen LogP contribution in [0.5, 0.6) is 5.75 Å². The van der Waals surface area contributed by atoms with Crippen molar-refractivity contribution in [1.29, 1.82) is 0 Å². The fourth-order valence-corrected chi connectivity index (χ4v) is 4.50. The number of rotatable bonds is 6. The lowest BCUT2D eigenvalue weighted by Crippen LogP contribution is -2.26. The number of hydrogen-bond donors (Lipinski definition) is 2. The molecule has 1 heterocycles. The van der Waals surface area contributed by atoms with Gasteiger partial charge in [0, 0.05) is 23.9 Å². The summed E-state index contributed by atoms with van der Waals surface area (Å²) < 4.78 is 27.3. The summed E-state index contributed by atoms with van der Waals surface area (Å²) in [7, 11) is -3.51. The van der Waals surface area contributed by atoms with Gasteiger partial charge >= 0.3 is 0 Å². The van der Waals surface area contributed by atoms with E-state index in [0.717, 1.165) is 21.8 Å². The van der Waals surface area contributed by atoms with Crippen molar-refractivity contribution >= 4 is 21.4 Å². The molecule has 0 saturated heterocycles. The maximum atomic E-state index is 12.4. The third-order valence-corrected chi connectivity index (χ3v) is 6.26. The molecule has 0 fully saturated rings. The van der Waals surface area contributed by atoms with E-state index in [9.17, 15) is 13.5 Å². The van der Waals surface area contributed by atoms with Gasteiger partial charge in [0.15, 0.2) is 0 Å². The van der Waals surface area contributed by atoms with E-state index in [4.69, 9.17) is 0 Å². The number of aryl methyl sites for hydroxylation is 1. The topological polar surface area (TPSA) is 79.3 Å². The number of aromatic nitrogens is 1. The first-order valence-electron chi connectivity index (χ1n) is 7.75. The molecular weight excluding hydrogens is 356 g/mol. The van der Waals surface area contributed by atoms with Gasteiger partial charge in [-0.25, -0.2) is 18.1 Å². The molecule has 0 aliphatic rings. The van der Waals surface area contributed by atoms with E-state index in [-0.39, 0.29) is 5.75 Å². The van der Waals surface area contributed by atoms with Crippen LogP contribution in [-0.2, 0) is 16.4 Å². The number of hydrogen-bond acceptors (Lipinski definition) is 5. The van der Waals surface area contributed by atoms with Gasteiger partial charge in [0.25, 0.3) is 0 Å². The van der Waals surface area contributed by atoms with Gasteiger partial charge < -0.3 is 5.11 Å². The summed E-state index contributed by atoms with van der Waals surface area (Å²) in [5, 5.41) is 12.1. The molecule has 0 unspecified atom stereocenters. The zero-order valence-corrected chi connectivity index (χ0v) is 15.3. The molecule has 0 spiro atoms. The molecule has 1 aromatic heterocycles. The van der Waals surface area contributed by atoms with Crippen molar-refractivity contribution in [3.63, 3.8) is 0 Å². The lowest BCUT2D eigenvalue weighted by atomic mass is 10.2. The van der Waals surface area contributed by atoms with Crippen LogP contribution in [0, 0.1) is 6.92 Å². The third-order valence-electron chi connectivity index (χ3n) is 3.73. The summed E-state index contributed by atoms with van der Waals surface area (Å²) in [5.74, 6) is 0.213. The Bertz CT molecular complexity index is 964. The van der Waals surface area contributed by atoms with E-state index in [1.807, 2.05) is 11.4 Å². The molecule has 0 radical (unpaired) electrons. The minimum Gasteiger partial charge on any atom is -0.508 e. The van der Waals surface area contributed by atoms with Crippen molar-refractivity contribution in [3.8, 4) is 17.0 Å². The van der Waals surface area contributed by atoms with E-state index < -0.39 is 10.0 Å². The van der Waals surface area contributed by atoms with Gasteiger partial charge in [0.05, 0.1) is 15.6 Å². The smallest absolute Gasteiger partial charge is 0.240 e. The molecule has 130 valence electrons. The van der Waals surface area contributed by atoms with Gasteiger partial charge in [-0.15, -0.1) is 11.3 Å². The fourth-order valence-electron chi connectivity index (χ4n) is 2.42. The van der Waals surface area contributed by atoms with Crippen LogP contribution in [0.1, 0.15) is 10.6 Å². The van der Waals surface area contributed by atoms with Crippen LogP contribution in [0.3, 0.4) is 0 Å². The molecule has 0 bridgehead atoms. The van der Waals surface area contributed by atoms with Crippen LogP contribution in [0.4, 0.5) is 0 Å². The van der Waals surface area contributed by atoms with Gasteiger partial charge in [-0.3, -0.25) is 0 Å². The van der Waals surface area contributed by atoms with Crippen molar-refractivity contribution in [2.75, 3.05) is 6.54 Å². The Kier molecular flexibility index (Phi) is 5.17. The molecule has 0 atom stereocenters. The number of sulfonamides is 1. The predicted molar refractivity (Wildman–Crippen MR) is 99.3 cm³/mol. The molecule has 3 aromatic rings. The summed E-state index contributed by atoms with van der Waals surface area (Å²) in [6.45, 7) is 2.07. The van der Waals surface area contributed by atoms with Gasteiger partial charge in [-0.1, -0.05) is 18.2 Å². The van der Waals surface area contributed by atoms with E-state index in [2.05, 4.69) is 9.71 Å². The lowest BCUT2D eigenvalue weighted by molar-refractivity contribution is 0.475. The maximum absolute atomic E-state index is 12.4. The van der Waals surface area contributed by atoms with Crippen LogP contribution in [0.15, 0.2) is 58.8 Å². The van der Waals surface area contributed by atoms with Crippen LogP contribution in [0.2, 0.25) is 0 Å². The molecular formula is C18H18N2O3S2. The Hall–Kier alpha value is -2.22. The van der Waals surface area contributed by atoms with Gasteiger partial charge in [0.1, 0.15) is 5.75 Å². The first kappa shape index (κ1) is 17.6. The Morgan fingerprint density at radius 1 is 1.12 bits per heavy atom. The van der Waals surface area contributed by atoms with E-state index in [1.165, 1.54) is 11.3 Å². The number of nitrogens with zero attached hydrogens (tertiary/aromatic N) is 1. The Morgan fingerprint density at radius 3 is 2.56 bits per heavy atom. The van der Waals surface area contributed by atoms with Crippen LogP contribution >= 0.6 is 11.3 Å². The number of nitrogens with one attached hydrogen (secondary N) is 1. The van der Waals surface area contributed by atoms with E-state index in [0.29, 0.717) is 17.9 Å². The molecule has 0 amide bonds. The zero-order chi connectivity index (χ0) is 17.9. The average Bonchev–Trinajstić information content (AvgIpc) is 3.04. The monoisotopic (exact) mass is 374 g/mol. The van der Waals surface area contributed by atoms with E-state index >= 15 is 0 Å². The molecule has 25 heavy (non-hydrogen) atoms. The highest BCUT2D eigenvalue weighted by atomic mass is 32.2. The van der Waals surface area contributed by atoms with Crippen molar-refractivity contribution in [1.82, 2.24) is 9.71 Å². The molecule has 2 aromatic carbocycles. The van der Waals surface area contributed by atoms with Crippen molar-refractivity contribution in [3.05, 3.63) is 64.5 Å². The molecule has 0 saturated carbocycles. The van der Waals surface area contributed by atoms with Gasteiger partial charge in [-0.05, 0) is 42.8 Å². The summed E-state index contributed by atoms with van der Waals surface area (Å²) in [4.78, 5) is 4.83. The summed E-state index contributed by atoms with van der Waals surface area (Å²) in [5.41, 5.74) is 2.46. The highest BCUT2D eigenvalue weighted by Crippen LogP contribution is 2.24. The summed E-state index contributed by atoms with van der Waals surface area (Å²) in [6.07, 6.45) is 0.522. The predicted octanol–water partition coefficient (Wildman–Crippen LogP) is 3.35. The largest absolute Gasteiger partial charge is 0.508 e. The van der Waals surface area contributed by atoms with Crippen molar-refractivity contribution < 1.29 is 13.5 Å². The Morgan fingerprint density at radius 2 is 1.84 bits per heavy atom. The highest BCUT2D eigenvalue weighted by molar-refractivity contribution is 7.89. The SMILES string of the molecule is Cc1ccccc1S(=O)(=O)NCCc1nc(-c2ccc(O)cc2)cs1. The standard InChI is InChI=1S/C18H18N2O3S2/c1-13-4-2-3-5-17(13)25(22,23)19-11-10-18-20-16(12-24-18)14-6-8-15(21)9-7-14/h2-9,12,19,21H,10-11H2,1H3. The molecule has 0 aliphatic carbocycles. The van der Waals surface area contributed by atoms with Crippen molar-refractivity contribution in [2.24, 2.45) is 0 Å². The average molecular weight is 374 g/mol. The molecule has 5 nitrogen and oxygen atoms in total. The second-order valence-electron chi connectivity index (χ2n) is 5.59. The number of benzene rings is 2. The van der Waals surface area contributed by atoms with Gasteiger partial charge in [-0.2, -0.15) is 0 Å². The molecule has 2 N–H and O–H groups in total. The maximum Gasteiger partial charge on any atom is 0.240 e. The minimum absolute atomic E-state index is 0.213. The Labute approximate surface area is 151 Å². The first-order valence-corrected chi connectivity index (χ1v) is 10.1. The molecule has 3 rings (SSSR count). The van der Waals surface area contributed by atoms with Crippen molar-refractivity contribution in [2.45, 2.75) is 18.2 Å². The molecule has 7 heteroatoms. The van der Waals surface area contributed by atoms with E-state index in [1.54, 1.807) is 49.4 Å². The quantitative estimate of drug-likeness (QED) is 0.693. The third kappa shape index (κ3) is 4.25. The number of aromatic hydroxyl groups is 1. The first-order chi connectivity index (χ1) is 12.0. The summed E-state index contributed by atoms with van der Waals surface area (Å²) in [6, 6.07) is 13.7. The highest BCUT2D eigenvalue weighted by Gasteiger charge is 2.15. The second kappa shape index (κ2) is 7.35. The number of phenols is 1. The number of thiazole rings is 1. The minimum atomic E-state index is -3.51. The van der Waals surface area contributed by atoms with Crippen LogP contribution in [-0.4, -0.2) is 25.1 Å². The normalized spacial score (nSPS) is 11.6. The number of phenolic OH excluding ortho intramolecular Hbond substituents is 1.